The van der Waals surface area contributed by atoms with E-state index >= 15 is 0 Å². The van der Waals surface area contributed by atoms with Gasteiger partial charge in [-0.1, -0.05) is 24.3 Å². The van der Waals surface area contributed by atoms with Crippen molar-refractivity contribution in [2.45, 2.75) is 6.92 Å². The minimum atomic E-state index is -0.382. The van der Waals surface area contributed by atoms with E-state index in [1.165, 1.54) is 13.0 Å². The standard InChI is InChI=1S/C16H12N2O3/c1-7(19)10-6-11(17)12-13(14(10)18)16(21)9-5-3-2-4-8(9)15(12)20/h2-6H,17-18H2,1H3. The fourth-order valence-corrected chi connectivity index (χ4v) is 2.64. The summed E-state index contributed by atoms with van der Waals surface area (Å²) in [5.74, 6) is -1.03. The van der Waals surface area contributed by atoms with E-state index in [9.17, 15) is 14.4 Å². The van der Waals surface area contributed by atoms with Crippen molar-refractivity contribution in [3.05, 3.63) is 58.1 Å². The molecule has 2 aromatic carbocycles. The highest BCUT2D eigenvalue weighted by molar-refractivity contribution is 6.32. The van der Waals surface area contributed by atoms with Crippen LogP contribution in [-0.4, -0.2) is 17.3 Å². The van der Waals surface area contributed by atoms with E-state index in [4.69, 9.17) is 11.5 Å². The molecule has 1 aliphatic carbocycles. The van der Waals surface area contributed by atoms with Crippen LogP contribution in [0.15, 0.2) is 30.3 Å². The summed E-state index contributed by atoms with van der Waals surface area (Å²) in [6, 6.07) is 7.85. The normalized spacial score (nSPS) is 12.8. The summed E-state index contributed by atoms with van der Waals surface area (Å²) in [5.41, 5.74) is 12.8. The third-order valence-corrected chi connectivity index (χ3v) is 3.65. The van der Waals surface area contributed by atoms with Crippen LogP contribution in [0.3, 0.4) is 0 Å². The van der Waals surface area contributed by atoms with E-state index in [1.54, 1.807) is 24.3 Å². The number of benzene rings is 2. The largest absolute Gasteiger partial charge is 0.398 e. The minimum absolute atomic E-state index is 0.0135. The molecule has 4 N–H and O–H groups in total. The van der Waals surface area contributed by atoms with Gasteiger partial charge in [-0.05, 0) is 13.0 Å². The smallest absolute Gasteiger partial charge is 0.196 e. The van der Waals surface area contributed by atoms with E-state index in [1.807, 2.05) is 0 Å². The van der Waals surface area contributed by atoms with Crippen molar-refractivity contribution in [1.29, 1.82) is 0 Å². The summed E-state index contributed by atoms with van der Waals surface area (Å²) in [7, 11) is 0. The Hall–Kier alpha value is -2.95. The molecule has 1 aliphatic rings. The average Bonchev–Trinajstić information content (AvgIpc) is 2.46. The highest BCUT2D eigenvalue weighted by atomic mass is 16.1. The Morgan fingerprint density at radius 1 is 0.952 bits per heavy atom. The summed E-state index contributed by atoms with van der Waals surface area (Å²) < 4.78 is 0. The van der Waals surface area contributed by atoms with Gasteiger partial charge >= 0.3 is 0 Å². The Balaban J connectivity index is 2.41. The third-order valence-electron chi connectivity index (χ3n) is 3.65. The predicted octanol–water partition coefficient (Wildman–Crippen LogP) is 1.83. The number of hydrogen-bond donors (Lipinski definition) is 2. The molecular formula is C16H12N2O3. The van der Waals surface area contributed by atoms with E-state index < -0.39 is 0 Å². The quantitative estimate of drug-likeness (QED) is 0.523. The van der Waals surface area contributed by atoms with Gasteiger partial charge in [-0.15, -0.1) is 0 Å². The highest BCUT2D eigenvalue weighted by Crippen LogP contribution is 2.36. The predicted molar refractivity (Wildman–Crippen MR) is 78.6 cm³/mol. The van der Waals surface area contributed by atoms with E-state index in [-0.39, 0.29) is 51.0 Å². The molecule has 0 unspecified atom stereocenters. The molecule has 2 aromatic rings. The first-order chi connectivity index (χ1) is 9.93. The molecule has 0 heterocycles. The number of fused-ring (bicyclic) bond motifs is 2. The Morgan fingerprint density at radius 3 is 2.00 bits per heavy atom. The number of Topliss-reactive ketones (excluding diaryl/α,β-unsaturated/α-hetero) is 1. The van der Waals surface area contributed by atoms with Crippen LogP contribution in [0.25, 0.3) is 0 Å². The molecule has 0 fully saturated rings. The van der Waals surface area contributed by atoms with Crippen molar-refractivity contribution in [1.82, 2.24) is 0 Å². The first-order valence-electron chi connectivity index (χ1n) is 6.34. The van der Waals surface area contributed by atoms with Gasteiger partial charge in [-0.25, -0.2) is 0 Å². The number of anilines is 2. The topological polar surface area (TPSA) is 103 Å². The summed E-state index contributed by atoms with van der Waals surface area (Å²) in [4.78, 5) is 36.7. The minimum Gasteiger partial charge on any atom is -0.398 e. The monoisotopic (exact) mass is 280 g/mol. The second kappa shape index (κ2) is 4.28. The average molecular weight is 280 g/mol. The van der Waals surface area contributed by atoms with Crippen LogP contribution in [0.4, 0.5) is 11.4 Å². The second-order valence-corrected chi connectivity index (χ2v) is 4.94. The first-order valence-corrected chi connectivity index (χ1v) is 6.34. The Kier molecular flexibility index (Phi) is 2.66. The molecule has 5 heteroatoms. The van der Waals surface area contributed by atoms with Gasteiger partial charge in [0.25, 0.3) is 0 Å². The molecular weight excluding hydrogens is 268 g/mol. The van der Waals surface area contributed by atoms with Crippen LogP contribution in [0.1, 0.15) is 49.1 Å². The zero-order valence-electron chi connectivity index (χ0n) is 11.3. The molecule has 0 amide bonds. The lowest BCUT2D eigenvalue weighted by Crippen LogP contribution is -2.25. The number of carbonyl (C=O) groups is 3. The van der Waals surface area contributed by atoms with E-state index in [0.717, 1.165) is 0 Å². The fourth-order valence-electron chi connectivity index (χ4n) is 2.64. The molecule has 0 radical (unpaired) electrons. The maximum absolute atomic E-state index is 12.6. The molecule has 0 aromatic heterocycles. The zero-order chi connectivity index (χ0) is 15.3. The van der Waals surface area contributed by atoms with Gasteiger partial charge in [0.15, 0.2) is 17.3 Å². The van der Waals surface area contributed by atoms with Gasteiger partial charge in [0.1, 0.15) is 0 Å². The van der Waals surface area contributed by atoms with Crippen molar-refractivity contribution in [3.8, 4) is 0 Å². The molecule has 104 valence electrons. The molecule has 0 aliphatic heterocycles. The van der Waals surface area contributed by atoms with Crippen molar-refractivity contribution < 1.29 is 14.4 Å². The Bertz CT molecular complexity index is 838. The molecule has 0 bridgehead atoms. The highest BCUT2D eigenvalue weighted by Gasteiger charge is 2.34. The maximum Gasteiger partial charge on any atom is 0.196 e. The number of nitrogen functional groups attached to an aromatic ring is 2. The lowest BCUT2D eigenvalue weighted by Gasteiger charge is -2.21. The van der Waals surface area contributed by atoms with Crippen LogP contribution in [0, 0.1) is 0 Å². The number of carbonyl (C=O) groups excluding carboxylic acids is 3. The van der Waals surface area contributed by atoms with Gasteiger partial charge in [0.2, 0.25) is 0 Å². The summed E-state index contributed by atoms with van der Waals surface area (Å²) >= 11 is 0. The van der Waals surface area contributed by atoms with Crippen LogP contribution < -0.4 is 11.5 Å². The molecule has 21 heavy (non-hydrogen) atoms. The van der Waals surface area contributed by atoms with Crippen LogP contribution in [0.5, 0.6) is 0 Å². The number of hydrogen-bond acceptors (Lipinski definition) is 5. The number of rotatable bonds is 1. The summed E-state index contributed by atoms with van der Waals surface area (Å²) in [6.45, 7) is 1.33. The van der Waals surface area contributed by atoms with Gasteiger partial charge in [0.05, 0.1) is 16.8 Å². The van der Waals surface area contributed by atoms with Crippen molar-refractivity contribution in [2.75, 3.05) is 11.5 Å². The molecule has 5 nitrogen and oxygen atoms in total. The molecule has 0 spiro atoms. The van der Waals surface area contributed by atoms with Crippen LogP contribution in [0.2, 0.25) is 0 Å². The zero-order valence-corrected chi connectivity index (χ0v) is 11.3. The molecule has 3 rings (SSSR count). The van der Waals surface area contributed by atoms with Crippen molar-refractivity contribution >= 4 is 28.7 Å². The number of ketones is 3. The number of nitrogens with two attached hydrogens (primary N) is 2. The molecule has 0 saturated heterocycles. The fraction of sp³-hybridized carbons (Fsp3) is 0.0625. The van der Waals surface area contributed by atoms with Crippen LogP contribution in [-0.2, 0) is 0 Å². The second-order valence-electron chi connectivity index (χ2n) is 4.94. The summed E-state index contributed by atoms with van der Waals surface area (Å²) in [6.07, 6.45) is 0. The van der Waals surface area contributed by atoms with Gasteiger partial charge in [-0.3, -0.25) is 14.4 Å². The van der Waals surface area contributed by atoms with Crippen LogP contribution >= 0.6 is 0 Å². The van der Waals surface area contributed by atoms with Crippen molar-refractivity contribution in [3.63, 3.8) is 0 Å². The van der Waals surface area contributed by atoms with Gasteiger partial charge in [0, 0.05) is 22.4 Å². The van der Waals surface area contributed by atoms with Gasteiger partial charge < -0.3 is 11.5 Å². The maximum atomic E-state index is 12.6. The molecule has 0 atom stereocenters. The lowest BCUT2D eigenvalue weighted by atomic mass is 9.81. The van der Waals surface area contributed by atoms with Crippen molar-refractivity contribution in [2.24, 2.45) is 0 Å². The SMILES string of the molecule is CC(=O)c1cc(N)c2c(c1N)C(=O)c1ccccc1C2=O. The Labute approximate surface area is 120 Å². The Morgan fingerprint density at radius 2 is 1.48 bits per heavy atom. The first kappa shape index (κ1) is 13.1. The molecule has 0 saturated carbocycles. The summed E-state index contributed by atoms with van der Waals surface area (Å²) in [5, 5.41) is 0. The van der Waals surface area contributed by atoms with E-state index in [0.29, 0.717) is 5.56 Å². The van der Waals surface area contributed by atoms with E-state index in [2.05, 4.69) is 0 Å². The van der Waals surface area contributed by atoms with Gasteiger partial charge in [-0.2, -0.15) is 0 Å². The lowest BCUT2D eigenvalue weighted by molar-refractivity contribution is 0.0979. The third kappa shape index (κ3) is 1.67.